The minimum atomic E-state index is -0.668. The van der Waals surface area contributed by atoms with Crippen LogP contribution >= 0.6 is 11.6 Å². The van der Waals surface area contributed by atoms with E-state index in [1.807, 2.05) is 0 Å². The molecule has 0 aliphatic carbocycles. The maximum absolute atomic E-state index is 9.23. The van der Waals surface area contributed by atoms with Crippen LogP contribution in [0, 0.1) is 11.3 Å². The van der Waals surface area contributed by atoms with Gasteiger partial charge in [0.15, 0.2) is 5.82 Å². The van der Waals surface area contributed by atoms with Crippen molar-refractivity contribution in [3.05, 3.63) is 41.2 Å². The van der Waals surface area contributed by atoms with Gasteiger partial charge in [0.1, 0.15) is 5.92 Å². The molecule has 2 aromatic rings. The predicted molar refractivity (Wildman–Crippen MR) is 66.1 cm³/mol. The van der Waals surface area contributed by atoms with Gasteiger partial charge in [-0.2, -0.15) is 15.2 Å². The number of anilines is 1. The molecule has 0 saturated heterocycles. The molecule has 2 rings (SSSR count). The zero-order valence-electron chi connectivity index (χ0n) is 9.50. The van der Waals surface area contributed by atoms with E-state index in [-0.39, 0.29) is 11.1 Å². The van der Waals surface area contributed by atoms with Gasteiger partial charge in [0.05, 0.1) is 11.8 Å². The number of aromatic nitrogens is 4. The molecular formula is C11H9ClN6. The highest BCUT2D eigenvalue weighted by molar-refractivity contribution is 6.28. The Labute approximate surface area is 109 Å². The van der Waals surface area contributed by atoms with Gasteiger partial charge < -0.3 is 5.32 Å². The maximum atomic E-state index is 9.23. The van der Waals surface area contributed by atoms with Crippen LogP contribution in [0.2, 0.25) is 5.28 Å². The fourth-order valence-corrected chi connectivity index (χ4v) is 1.58. The molecule has 0 saturated carbocycles. The Morgan fingerprint density at radius 3 is 2.78 bits per heavy atom. The molecule has 1 N–H and O–H groups in total. The van der Waals surface area contributed by atoms with Crippen LogP contribution in [0.5, 0.6) is 0 Å². The summed E-state index contributed by atoms with van der Waals surface area (Å²) in [6.07, 6.45) is 1.61. The molecule has 90 valence electrons. The first-order valence-electron chi connectivity index (χ1n) is 5.14. The summed E-state index contributed by atoms with van der Waals surface area (Å²) in [4.78, 5) is 16.1. The molecule has 0 fully saturated rings. The first kappa shape index (κ1) is 12.2. The number of hydrogen-bond acceptors (Lipinski definition) is 6. The molecule has 1 atom stereocenters. The van der Waals surface area contributed by atoms with Gasteiger partial charge >= 0.3 is 0 Å². The topological polar surface area (TPSA) is 87.4 Å². The van der Waals surface area contributed by atoms with Gasteiger partial charge in [-0.15, -0.1) is 0 Å². The van der Waals surface area contributed by atoms with Gasteiger partial charge in [-0.05, 0) is 23.7 Å². The van der Waals surface area contributed by atoms with Crippen molar-refractivity contribution in [1.82, 2.24) is 19.9 Å². The molecular weight excluding hydrogens is 252 g/mol. The second-order valence-corrected chi connectivity index (χ2v) is 3.69. The Hall–Kier alpha value is -2.26. The minimum absolute atomic E-state index is 0.0422. The van der Waals surface area contributed by atoms with Crippen LogP contribution in [0.3, 0.4) is 0 Å². The third-order valence-corrected chi connectivity index (χ3v) is 2.39. The van der Waals surface area contributed by atoms with Crippen LogP contribution in [-0.2, 0) is 0 Å². The molecule has 0 radical (unpaired) electrons. The van der Waals surface area contributed by atoms with Crippen LogP contribution in [-0.4, -0.2) is 27.0 Å². The Kier molecular flexibility index (Phi) is 3.65. The second kappa shape index (κ2) is 5.38. The SMILES string of the molecule is CNc1nc(Cl)nc(C(C#N)c2ccccn2)n1. The number of nitrogens with zero attached hydrogens (tertiary/aromatic N) is 5. The fourth-order valence-electron chi connectivity index (χ4n) is 1.41. The molecule has 0 amide bonds. The van der Waals surface area contributed by atoms with Crippen molar-refractivity contribution < 1.29 is 0 Å². The lowest BCUT2D eigenvalue weighted by Gasteiger charge is -2.08. The lowest BCUT2D eigenvalue weighted by Crippen LogP contribution is -2.09. The predicted octanol–water partition coefficient (Wildman–Crippen LogP) is 1.62. The summed E-state index contributed by atoms with van der Waals surface area (Å²) >= 11 is 5.79. The van der Waals surface area contributed by atoms with E-state index in [0.29, 0.717) is 11.6 Å². The monoisotopic (exact) mass is 260 g/mol. The van der Waals surface area contributed by atoms with E-state index >= 15 is 0 Å². The molecule has 0 aliphatic rings. The standard InChI is InChI=1S/C11H9ClN6/c1-14-11-17-9(16-10(12)18-11)7(6-13)8-4-2-3-5-15-8/h2-5,7H,1H3,(H,14,16,17,18). The summed E-state index contributed by atoms with van der Waals surface area (Å²) in [7, 11) is 1.66. The molecule has 1 unspecified atom stereocenters. The van der Waals surface area contributed by atoms with Crippen molar-refractivity contribution >= 4 is 17.5 Å². The highest BCUT2D eigenvalue weighted by atomic mass is 35.5. The van der Waals surface area contributed by atoms with Crippen molar-refractivity contribution in [2.75, 3.05) is 12.4 Å². The van der Waals surface area contributed by atoms with Gasteiger partial charge in [-0.1, -0.05) is 6.07 Å². The fraction of sp³-hybridized carbons (Fsp3) is 0.182. The third kappa shape index (κ3) is 2.52. The highest BCUT2D eigenvalue weighted by Crippen LogP contribution is 2.20. The molecule has 18 heavy (non-hydrogen) atoms. The first-order chi connectivity index (χ1) is 8.74. The minimum Gasteiger partial charge on any atom is -0.357 e. The van der Waals surface area contributed by atoms with E-state index in [1.165, 1.54) is 0 Å². The van der Waals surface area contributed by atoms with Crippen molar-refractivity contribution in [2.45, 2.75) is 5.92 Å². The quantitative estimate of drug-likeness (QED) is 0.902. The molecule has 6 nitrogen and oxygen atoms in total. The van der Waals surface area contributed by atoms with Crippen molar-refractivity contribution in [2.24, 2.45) is 0 Å². The summed E-state index contributed by atoms with van der Waals surface area (Å²) in [5.74, 6) is -0.0690. The van der Waals surface area contributed by atoms with E-state index in [2.05, 4.69) is 31.3 Å². The molecule has 2 heterocycles. The van der Waals surface area contributed by atoms with Crippen molar-refractivity contribution in [3.8, 4) is 6.07 Å². The Morgan fingerprint density at radius 2 is 2.17 bits per heavy atom. The molecule has 0 aromatic carbocycles. The van der Waals surface area contributed by atoms with Gasteiger partial charge in [-0.25, -0.2) is 4.98 Å². The molecule has 0 spiro atoms. The molecule has 7 heteroatoms. The summed E-state index contributed by atoms with van der Waals surface area (Å²) in [6.45, 7) is 0. The molecule has 0 aliphatic heterocycles. The van der Waals surface area contributed by atoms with Gasteiger partial charge in [-0.3, -0.25) is 4.98 Å². The third-order valence-electron chi connectivity index (χ3n) is 2.22. The van der Waals surface area contributed by atoms with E-state index in [4.69, 9.17) is 11.6 Å². The number of pyridine rings is 1. The van der Waals surface area contributed by atoms with E-state index in [9.17, 15) is 5.26 Å². The van der Waals surface area contributed by atoms with Crippen LogP contribution in [0.15, 0.2) is 24.4 Å². The Bertz CT molecular complexity index is 580. The maximum Gasteiger partial charge on any atom is 0.227 e. The normalized spacial score (nSPS) is 11.6. The summed E-state index contributed by atoms with van der Waals surface area (Å²) in [5, 5.41) is 12.0. The van der Waals surface area contributed by atoms with Crippen LogP contribution in [0.1, 0.15) is 17.4 Å². The van der Waals surface area contributed by atoms with Crippen LogP contribution in [0.4, 0.5) is 5.95 Å². The molecule has 0 bridgehead atoms. The van der Waals surface area contributed by atoms with Gasteiger partial charge in [0, 0.05) is 13.2 Å². The first-order valence-corrected chi connectivity index (χ1v) is 5.52. The lowest BCUT2D eigenvalue weighted by atomic mass is 10.1. The number of hydrogen-bond donors (Lipinski definition) is 1. The van der Waals surface area contributed by atoms with E-state index in [1.54, 1.807) is 31.4 Å². The zero-order valence-corrected chi connectivity index (χ0v) is 10.3. The summed E-state index contributed by atoms with van der Waals surface area (Å²) in [5.41, 5.74) is 0.573. The van der Waals surface area contributed by atoms with Crippen LogP contribution in [0.25, 0.3) is 0 Å². The summed E-state index contributed by atoms with van der Waals surface area (Å²) < 4.78 is 0. The zero-order chi connectivity index (χ0) is 13.0. The van der Waals surface area contributed by atoms with Crippen molar-refractivity contribution in [3.63, 3.8) is 0 Å². The number of rotatable bonds is 3. The highest BCUT2D eigenvalue weighted by Gasteiger charge is 2.19. The van der Waals surface area contributed by atoms with Gasteiger partial charge in [0.2, 0.25) is 11.2 Å². The second-order valence-electron chi connectivity index (χ2n) is 3.35. The Morgan fingerprint density at radius 1 is 1.33 bits per heavy atom. The van der Waals surface area contributed by atoms with Gasteiger partial charge in [0.25, 0.3) is 0 Å². The lowest BCUT2D eigenvalue weighted by molar-refractivity contribution is 0.839. The number of halogens is 1. The number of nitrogens with one attached hydrogen (secondary N) is 1. The summed E-state index contributed by atoms with van der Waals surface area (Å²) in [6, 6.07) is 7.43. The van der Waals surface area contributed by atoms with E-state index in [0.717, 1.165) is 0 Å². The smallest absolute Gasteiger partial charge is 0.227 e. The largest absolute Gasteiger partial charge is 0.357 e. The molecule has 2 aromatic heterocycles. The number of nitriles is 1. The van der Waals surface area contributed by atoms with E-state index < -0.39 is 5.92 Å². The average Bonchev–Trinajstić information content (AvgIpc) is 2.40. The Balaban J connectivity index is 2.46. The van der Waals surface area contributed by atoms with Crippen molar-refractivity contribution in [1.29, 1.82) is 5.26 Å². The van der Waals surface area contributed by atoms with Crippen LogP contribution < -0.4 is 5.32 Å². The average molecular weight is 261 g/mol.